The van der Waals surface area contributed by atoms with E-state index in [0.29, 0.717) is 16.1 Å². The zero-order valence-corrected chi connectivity index (χ0v) is 17.4. The third kappa shape index (κ3) is 3.76. The van der Waals surface area contributed by atoms with Gasteiger partial charge in [-0.3, -0.25) is 0 Å². The summed E-state index contributed by atoms with van der Waals surface area (Å²) in [4.78, 5) is 0.994. The molecule has 2 aromatic heterocycles. The number of thioether (sulfide) groups is 1. The van der Waals surface area contributed by atoms with Gasteiger partial charge in [0.05, 0.1) is 16.2 Å². The minimum absolute atomic E-state index is 0.308. The maximum absolute atomic E-state index is 13.0. The SMILES string of the molecule is FC(F)c1nnc(-n2nc(C3CC3)c3c(Cl)cc(SCc4ccccc4)cc32)s1. The van der Waals surface area contributed by atoms with Crippen molar-refractivity contribution in [1.82, 2.24) is 20.0 Å². The number of hydrogen-bond donors (Lipinski definition) is 0. The highest BCUT2D eigenvalue weighted by atomic mass is 35.5. The summed E-state index contributed by atoms with van der Waals surface area (Å²) in [5, 5.41) is 13.8. The summed E-state index contributed by atoms with van der Waals surface area (Å²) in [6, 6.07) is 14.1. The highest BCUT2D eigenvalue weighted by Crippen LogP contribution is 2.46. The maximum atomic E-state index is 13.0. The minimum atomic E-state index is -2.65. The molecule has 1 aliphatic rings. The normalized spacial score (nSPS) is 14.2. The molecule has 0 radical (unpaired) electrons. The lowest BCUT2D eigenvalue weighted by Gasteiger charge is -2.05. The summed E-state index contributed by atoms with van der Waals surface area (Å²) in [6.45, 7) is 0. The molecule has 2 aromatic carbocycles. The van der Waals surface area contributed by atoms with Crippen molar-refractivity contribution >= 4 is 45.6 Å². The van der Waals surface area contributed by atoms with E-state index < -0.39 is 6.43 Å². The first-order chi connectivity index (χ1) is 14.1. The average molecular weight is 449 g/mol. The lowest BCUT2D eigenvalue weighted by Crippen LogP contribution is -1.96. The van der Waals surface area contributed by atoms with Crippen LogP contribution in [0.4, 0.5) is 8.78 Å². The Balaban J connectivity index is 1.57. The van der Waals surface area contributed by atoms with Gasteiger partial charge < -0.3 is 0 Å². The Morgan fingerprint density at radius 1 is 1.17 bits per heavy atom. The molecule has 0 bridgehead atoms. The summed E-state index contributed by atoms with van der Waals surface area (Å²) in [5.41, 5.74) is 2.91. The van der Waals surface area contributed by atoms with Crippen LogP contribution >= 0.6 is 34.7 Å². The lowest BCUT2D eigenvalue weighted by molar-refractivity contribution is 0.150. The van der Waals surface area contributed by atoms with Gasteiger partial charge in [-0.2, -0.15) is 5.10 Å². The predicted molar refractivity (Wildman–Crippen MR) is 112 cm³/mol. The standard InChI is InChI=1S/C20H15ClF2N4S2/c21-14-8-13(28-10-11-4-2-1-3-5-11)9-15-16(14)17(12-6-7-12)26-27(15)20-25-24-19(29-20)18(22)23/h1-5,8-9,12,18H,6-7,10H2. The Morgan fingerprint density at radius 3 is 2.66 bits per heavy atom. The Hall–Kier alpha value is -2.03. The molecular formula is C20H15ClF2N4S2. The van der Waals surface area contributed by atoms with Gasteiger partial charge in [-0.1, -0.05) is 53.3 Å². The van der Waals surface area contributed by atoms with Gasteiger partial charge in [-0.15, -0.1) is 22.0 Å². The average Bonchev–Trinajstić information content (AvgIpc) is 3.31. The molecule has 0 amide bonds. The smallest absolute Gasteiger partial charge is 0.204 e. The molecule has 0 atom stereocenters. The summed E-state index contributed by atoms with van der Waals surface area (Å²) in [5.74, 6) is 1.17. The lowest BCUT2D eigenvalue weighted by atomic mass is 10.1. The first kappa shape index (κ1) is 19.0. The molecule has 148 valence electrons. The van der Waals surface area contributed by atoms with Crippen molar-refractivity contribution in [3.8, 4) is 5.13 Å². The van der Waals surface area contributed by atoms with Gasteiger partial charge in [0.2, 0.25) is 5.13 Å². The Bertz CT molecular complexity index is 1170. The van der Waals surface area contributed by atoms with E-state index in [2.05, 4.69) is 22.3 Å². The van der Waals surface area contributed by atoms with Crippen LogP contribution in [-0.2, 0) is 5.75 Å². The third-order valence-corrected chi connectivity index (χ3v) is 7.00. The molecule has 0 aliphatic heterocycles. The third-order valence-electron chi connectivity index (χ3n) is 4.75. The minimum Gasteiger partial charge on any atom is -0.204 e. The molecule has 2 heterocycles. The van der Waals surface area contributed by atoms with Crippen molar-refractivity contribution in [3.05, 3.63) is 63.8 Å². The fourth-order valence-corrected chi connectivity index (χ4v) is 5.18. The van der Waals surface area contributed by atoms with E-state index >= 15 is 0 Å². The number of benzene rings is 2. The first-order valence-electron chi connectivity index (χ1n) is 9.11. The van der Waals surface area contributed by atoms with Gasteiger partial charge in [0.15, 0.2) is 5.01 Å². The molecule has 1 aliphatic carbocycles. The number of nitrogens with zero attached hydrogens (tertiary/aromatic N) is 4. The second-order valence-electron chi connectivity index (χ2n) is 6.87. The zero-order valence-electron chi connectivity index (χ0n) is 15.1. The van der Waals surface area contributed by atoms with Gasteiger partial charge in [0.1, 0.15) is 0 Å². The number of aromatic nitrogens is 4. The molecule has 4 nitrogen and oxygen atoms in total. The second kappa shape index (κ2) is 7.66. The van der Waals surface area contributed by atoms with Gasteiger partial charge in [-0.05, 0) is 30.5 Å². The van der Waals surface area contributed by atoms with Crippen molar-refractivity contribution in [3.63, 3.8) is 0 Å². The van der Waals surface area contributed by atoms with Crippen LogP contribution < -0.4 is 0 Å². The van der Waals surface area contributed by atoms with E-state index in [-0.39, 0.29) is 5.01 Å². The van der Waals surface area contributed by atoms with Gasteiger partial charge in [0, 0.05) is 22.0 Å². The Kier molecular flexibility index (Phi) is 5.01. The van der Waals surface area contributed by atoms with Crippen LogP contribution in [0.3, 0.4) is 0 Å². The van der Waals surface area contributed by atoms with Crippen LogP contribution in [0.5, 0.6) is 0 Å². The van der Waals surface area contributed by atoms with E-state index in [1.165, 1.54) is 5.56 Å². The van der Waals surface area contributed by atoms with E-state index in [9.17, 15) is 8.78 Å². The predicted octanol–water partition coefficient (Wildman–Crippen LogP) is 6.64. The fourth-order valence-electron chi connectivity index (χ4n) is 3.21. The topological polar surface area (TPSA) is 43.6 Å². The number of fused-ring (bicyclic) bond motifs is 1. The van der Waals surface area contributed by atoms with Crippen molar-refractivity contribution in [2.75, 3.05) is 0 Å². The van der Waals surface area contributed by atoms with E-state index in [0.717, 1.165) is 51.4 Å². The van der Waals surface area contributed by atoms with Gasteiger partial charge in [-0.25, -0.2) is 13.5 Å². The quantitative estimate of drug-likeness (QED) is 0.310. The second-order valence-corrected chi connectivity index (χ2v) is 9.31. The molecule has 1 saturated carbocycles. The molecule has 9 heteroatoms. The van der Waals surface area contributed by atoms with Crippen molar-refractivity contribution < 1.29 is 8.78 Å². The number of halogens is 3. The number of alkyl halides is 2. The van der Waals surface area contributed by atoms with Crippen molar-refractivity contribution in [1.29, 1.82) is 0 Å². The molecule has 0 spiro atoms. The highest BCUT2D eigenvalue weighted by Gasteiger charge is 2.31. The first-order valence-corrected chi connectivity index (χ1v) is 11.3. The molecule has 1 fully saturated rings. The number of rotatable bonds is 6. The largest absolute Gasteiger partial charge is 0.291 e. The molecule has 5 rings (SSSR count). The van der Waals surface area contributed by atoms with Crippen LogP contribution in [-0.4, -0.2) is 20.0 Å². The monoisotopic (exact) mass is 448 g/mol. The maximum Gasteiger partial charge on any atom is 0.291 e. The highest BCUT2D eigenvalue weighted by molar-refractivity contribution is 7.98. The Labute approximate surface area is 178 Å². The molecule has 0 N–H and O–H groups in total. The van der Waals surface area contributed by atoms with Crippen LogP contribution in [0.15, 0.2) is 47.4 Å². The van der Waals surface area contributed by atoms with Crippen LogP contribution in [0.25, 0.3) is 16.0 Å². The summed E-state index contributed by atoms with van der Waals surface area (Å²) >= 11 is 9.18. The van der Waals surface area contributed by atoms with E-state index in [1.807, 2.05) is 30.3 Å². The van der Waals surface area contributed by atoms with Crippen LogP contribution in [0, 0.1) is 0 Å². The van der Waals surface area contributed by atoms with E-state index in [1.54, 1.807) is 16.4 Å². The fraction of sp³-hybridized carbons (Fsp3) is 0.250. The van der Waals surface area contributed by atoms with Crippen LogP contribution in [0.2, 0.25) is 5.02 Å². The summed E-state index contributed by atoms with van der Waals surface area (Å²) in [7, 11) is 0. The number of hydrogen-bond acceptors (Lipinski definition) is 5. The van der Waals surface area contributed by atoms with Crippen molar-refractivity contribution in [2.45, 2.75) is 35.8 Å². The van der Waals surface area contributed by atoms with E-state index in [4.69, 9.17) is 16.7 Å². The molecule has 0 saturated heterocycles. The van der Waals surface area contributed by atoms with Gasteiger partial charge >= 0.3 is 0 Å². The molecular weight excluding hydrogens is 434 g/mol. The summed E-state index contributed by atoms with van der Waals surface area (Å²) in [6.07, 6.45) is -0.525. The summed E-state index contributed by atoms with van der Waals surface area (Å²) < 4.78 is 27.6. The van der Waals surface area contributed by atoms with Crippen LogP contribution in [0.1, 0.15) is 41.4 Å². The molecule has 29 heavy (non-hydrogen) atoms. The molecule has 0 unspecified atom stereocenters. The zero-order chi connectivity index (χ0) is 20.0. The van der Waals surface area contributed by atoms with Crippen molar-refractivity contribution in [2.24, 2.45) is 0 Å². The Morgan fingerprint density at radius 2 is 1.97 bits per heavy atom. The molecule has 4 aromatic rings. The van der Waals surface area contributed by atoms with Gasteiger partial charge in [0.25, 0.3) is 6.43 Å².